The monoisotopic (exact) mass is 713 g/mol. The third-order valence-electron chi connectivity index (χ3n) is 8.28. The molecule has 0 spiro atoms. The van der Waals surface area contributed by atoms with E-state index in [4.69, 9.17) is 42.1 Å². The minimum Gasteiger partial charge on any atom is -0.619 e. The first-order valence-electron chi connectivity index (χ1n) is 15.4. The van der Waals surface area contributed by atoms with Crippen LogP contribution in [0.15, 0.2) is 73.1 Å². The molecular weight excluding hydrogens is 677 g/mol. The van der Waals surface area contributed by atoms with Crippen molar-refractivity contribution in [2.45, 2.75) is 44.0 Å². The van der Waals surface area contributed by atoms with Gasteiger partial charge in [0, 0.05) is 29.4 Å². The zero-order valence-corrected chi connectivity index (χ0v) is 29.1. The lowest BCUT2D eigenvalue weighted by atomic mass is 10.0. The quantitative estimate of drug-likeness (QED) is 0.0912. The van der Waals surface area contributed by atoms with Crippen LogP contribution in [0.1, 0.15) is 56.2 Å². The van der Waals surface area contributed by atoms with Crippen LogP contribution in [-0.4, -0.2) is 57.3 Å². The summed E-state index contributed by atoms with van der Waals surface area (Å²) < 4.78 is 23.2. The second kappa shape index (κ2) is 16.5. The van der Waals surface area contributed by atoms with Crippen molar-refractivity contribution in [3.05, 3.63) is 115 Å². The van der Waals surface area contributed by atoms with E-state index < -0.39 is 18.1 Å². The Bertz CT molecular complexity index is 1700. The number of nitrogens with one attached hydrogen (secondary N) is 1. The zero-order valence-electron chi connectivity index (χ0n) is 26.8. The smallest absolute Gasteiger partial charge is 0.348 e. The molecule has 1 N–H and O–H groups in total. The standard InChI is InChI=1S/C35H37Cl2N3O7S/c1-39-15-7-10-24(39)21-46-35(42)33(22-8-5-4-6-9-22)38-18-25-12-14-32(48-25)34(41)47-30(17-26-27(36)19-40(43)20-28(26)37)23-11-13-29(44-2)31(16-23)45-3/h4-6,8-9,11-14,16,19-20,24,30,33,38H,7,10,15,17-18,21H2,1-3H3/t24-,30?,33?/m1/s1. The van der Waals surface area contributed by atoms with Crippen LogP contribution in [0.2, 0.25) is 10.0 Å². The first-order valence-corrected chi connectivity index (χ1v) is 17.0. The van der Waals surface area contributed by atoms with E-state index >= 15 is 0 Å². The Labute approximate surface area is 293 Å². The van der Waals surface area contributed by atoms with Gasteiger partial charge in [-0.1, -0.05) is 59.6 Å². The van der Waals surface area contributed by atoms with Gasteiger partial charge in [0.25, 0.3) is 0 Å². The molecule has 4 aromatic rings. The summed E-state index contributed by atoms with van der Waals surface area (Å²) in [5.41, 5.74) is 1.85. The van der Waals surface area contributed by atoms with Crippen LogP contribution in [0.4, 0.5) is 0 Å². The molecule has 1 aliphatic rings. The second-order valence-corrected chi connectivity index (χ2v) is 13.4. The number of pyridine rings is 1. The number of carbonyl (C=O) groups is 2. The molecule has 0 aliphatic carbocycles. The number of benzene rings is 2. The Kier molecular flexibility index (Phi) is 12.2. The van der Waals surface area contributed by atoms with Gasteiger partial charge in [-0.05, 0) is 61.8 Å². The fraction of sp³-hybridized carbons (Fsp3) is 0.343. The van der Waals surface area contributed by atoms with Crippen LogP contribution >= 0.6 is 34.5 Å². The molecule has 3 heterocycles. The molecule has 5 rings (SSSR count). The summed E-state index contributed by atoms with van der Waals surface area (Å²) in [5, 5.41) is 15.5. The lowest BCUT2D eigenvalue weighted by molar-refractivity contribution is -0.605. The second-order valence-electron chi connectivity index (χ2n) is 11.4. The largest absolute Gasteiger partial charge is 0.619 e. The Balaban J connectivity index is 1.31. The highest BCUT2D eigenvalue weighted by Crippen LogP contribution is 2.36. The maximum absolute atomic E-state index is 13.6. The summed E-state index contributed by atoms with van der Waals surface area (Å²) >= 11 is 14.0. The van der Waals surface area contributed by atoms with Gasteiger partial charge in [-0.2, -0.15) is 4.73 Å². The highest BCUT2D eigenvalue weighted by molar-refractivity contribution is 7.13. The maximum Gasteiger partial charge on any atom is 0.348 e. The van der Waals surface area contributed by atoms with E-state index in [0.29, 0.717) is 45.4 Å². The van der Waals surface area contributed by atoms with E-state index in [9.17, 15) is 14.8 Å². The predicted molar refractivity (Wildman–Crippen MR) is 184 cm³/mol. The number of carbonyl (C=O) groups excluding carboxylic acids is 2. The number of esters is 2. The number of nitrogens with zero attached hydrogens (tertiary/aromatic N) is 2. The zero-order chi connectivity index (χ0) is 34.2. The maximum atomic E-state index is 13.6. The molecule has 1 aliphatic heterocycles. The minimum atomic E-state index is -0.838. The lowest BCUT2D eigenvalue weighted by Gasteiger charge is -2.22. The molecule has 0 radical (unpaired) electrons. The van der Waals surface area contributed by atoms with Crippen LogP contribution in [0.5, 0.6) is 11.5 Å². The van der Waals surface area contributed by atoms with Gasteiger partial charge < -0.3 is 29.1 Å². The fourth-order valence-electron chi connectivity index (χ4n) is 5.60. The van der Waals surface area contributed by atoms with Crippen molar-refractivity contribution in [1.29, 1.82) is 0 Å². The van der Waals surface area contributed by atoms with Crippen molar-refractivity contribution in [1.82, 2.24) is 10.2 Å². The van der Waals surface area contributed by atoms with E-state index in [1.807, 2.05) is 43.4 Å². The molecule has 2 aromatic heterocycles. The third kappa shape index (κ3) is 8.77. The van der Waals surface area contributed by atoms with Crippen molar-refractivity contribution in [3.8, 4) is 11.5 Å². The van der Waals surface area contributed by atoms with Crippen molar-refractivity contribution >= 4 is 46.5 Å². The first kappa shape index (κ1) is 35.4. The Morgan fingerprint density at radius 2 is 1.75 bits per heavy atom. The molecule has 3 atom stereocenters. The summed E-state index contributed by atoms with van der Waals surface area (Å²) in [7, 11) is 5.08. The number of methoxy groups -OCH3 is 2. The highest BCUT2D eigenvalue weighted by atomic mass is 35.5. The van der Waals surface area contributed by atoms with Gasteiger partial charge in [0.15, 0.2) is 23.9 Å². The molecule has 2 unspecified atom stereocenters. The number of likely N-dealkylation sites (tertiary alicyclic amines) is 1. The Morgan fingerprint density at radius 3 is 2.42 bits per heavy atom. The van der Waals surface area contributed by atoms with Crippen molar-refractivity contribution in [2.24, 2.45) is 0 Å². The first-order chi connectivity index (χ1) is 23.2. The molecular formula is C35H37Cl2N3O7S. The van der Waals surface area contributed by atoms with Gasteiger partial charge in [0.05, 0.1) is 14.2 Å². The molecule has 0 bridgehead atoms. The Hall–Kier alpha value is -3.87. The van der Waals surface area contributed by atoms with Crippen LogP contribution < -0.4 is 19.5 Å². The van der Waals surface area contributed by atoms with E-state index in [0.717, 1.165) is 29.8 Å². The number of rotatable bonds is 14. The number of ether oxygens (including phenoxy) is 4. The van der Waals surface area contributed by atoms with Gasteiger partial charge in [-0.3, -0.25) is 5.32 Å². The molecule has 10 nitrogen and oxygen atoms in total. The third-order valence-corrected chi connectivity index (χ3v) is 9.99. The SMILES string of the molecule is COc1ccc(C(Cc2c(Cl)c[n+]([O-])cc2Cl)OC(=O)c2ccc(CNC(C(=O)OC[C@H]3CCCN3C)c3ccccc3)s2)cc1OC. The number of halogens is 2. The van der Waals surface area contributed by atoms with Crippen LogP contribution in [0.25, 0.3) is 0 Å². The fourth-order valence-corrected chi connectivity index (χ4v) is 7.04. The lowest BCUT2D eigenvalue weighted by Crippen LogP contribution is -2.34. The summed E-state index contributed by atoms with van der Waals surface area (Å²) in [6.45, 7) is 1.66. The van der Waals surface area contributed by atoms with E-state index in [1.54, 1.807) is 24.3 Å². The van der Waals surface area contributed by atoms with Crippen molar-refractivity contribution < 1.29 is 33.3 Å². The predicted octanol–water partition coefficient (Wildman–Crippen LogP) is 6.31. The van der Waals surface area contributed by atoms with Gasteiger partial charge in [-0.15, -0.1) is 11.3 Å². The minimum absolute atomic E-state index is 0.0943. The molecule has 1 fully saturated rings. The highest BCUT2D eigenvalue weighted by Gasteiger charge is 2.28. The average Bonchev–Trinajstić information content (AvgIpc) is 3.73. The van der Waals surface area contributed by atoms with Crippen molar-refractivity contribution in [2.75, 3.05) is 34.4 Å². The van der Waals surface area contributed by atoms with Crippen LogP contribution in [0.3, 0.4) is 0 Å². The van der Waals surface area contributed by atoms with Gasteiger partial charge in [-0.25, -0.2) is 9.59 Å². The van der Waals surface area contributed by atoms with E-state index in [2.05, 4.69) is 10.2 Å². The summed E-state index contributed by atoms with van der Waals surface area (Å²) in [6, 6.07) is 17.6. The van der Waals surface area contributed by atoms with E-state index in [1.165, 1.54) is 38.0 Å². The molecule has 0 amide bonds. The van der Waals surface area contributed by atoms with Crippen molar-refractivity contribution in [3.63, 3.8) is 0 Å². The molecule has 0 saturated carbocycles. The van der Waals surface area contributed by atoms with Gasteiger partial charge in [0.1, 0.15) is 33.7 Å². The number of likely N-dealkylation sites (N-methyl/N-ethyl adjacent to an activating group) is 1. The van der Waals surface area contributed by atoms with Gasteiger partial charge in [0.2, 0.25) is 0 Å². The summed E-state index contributed by atoms with van der Waals surface area (Å²) in [4.78, 5) is 30.2. The number of thiophene rings is 1. The molecule has 48 heavy (non-hydrogen) atoms. The molecule has 254 valence electrons. The summed E-state index contributed by atoms with van der Waals surface area (Å²) in [5.74, 6) is 0.0439. The molecule has 2 aromatic carbocycles. The molecule has 1 saturated heterocycles. The number of aromatic nitrogens is 1. The summed E-state index contributed by atoms with van der Waals surface area (Å²) in [6.07, 6.45) is 3.74. The van der Waals surface area contributed by atoms with Crippen LogP contribution in [-0.2, 0) is 27.2 Å². The molecule has 13 heteroatoms. The van der Waals surface area contributed by atoms with E-state index in [-0.39, 0.29) is 28.5 Å². The normalized spacial score (nSPS) is 15.9. The Morgan fingerprint density at radius 1 is 1.02 bits per heavy atom. The van der Waals surface area contributed by atoms with Gasteiger partial charge >= 0.3 is 11.9 Å². The number of hydrogen-bond acceptors (Lipinski definition) is 10. The average molecular weight is 715 g/mol. The van der Waals surface area contributed by atoms with Crippen LogP contribution in [0, 0.1) is 5.21 Å². The number of hydrogen-bond donors (Lipinski definition) is 1. The topological polar surface area (TPSA) is 113 Å².